The van der Waals surface area contributed by atoms with Crippen LogP contribution in [0.2, 0.25) is 0 Å². The molecule has 0 aliphatic heterocycles. The van der Waals surface area contributed by atoms with E-state index in [0.29, 0.717) is 0 Å². The largest absolute Gasteiger partial charge is 0.325 e. The molecule has 1 amide bonds. The van der Waals surface area contributed by atoms with Crippen molar-refractivity contribution in [2.24, 2.45) is 0 Å². The molecule has 2 aromatic rings. The molecule has 1 atom stereocenters. The van der Waals surface area contributed by atoms with E-state index < -0.39 is 0 Å². The molecular formula is C18H21NOS. The van der Waals surface area contributed by atoms with Crippen molar-refractivity contribution >= 4 is 23.4 Å². The van der Waals surface area contributed by atoms with E-state index in [9.17, 15) is 4.79 Å². The molecule has 2 rings (SSSR count). The molecule has 110 valence electrons. The summed E-state index contributed by atoms with van der Waals surface area (Å²) in [5, 5.41) is 2.84. The van der Waals surface area contributed by atoms with E-state index in [0.717, 1.165) is 16.1 Å². The third-order valence-electron chi connectivity index (χ3n) is 3.45. The molecule has 2 aromatic carbocycles. The predicted molar refractivity (Wildman–Crippen MR) is 91.0 cm³/mol. The van der Waals surface area contributed by atoms with E-state index in [4.69, 9.17) is 0 Å². The SMILES string of the molecule is Cc1cccc(NC(=O)C(C)Sc2ccc(C)c(C)c2)c1. The Hall–Kier alpha value is -1.74. The van der Waals surface area contributed by atoms with Crippen LogP contribution in [0.4, 0.5) is 5.69 Å². The lowest BCUT2D eigenvalue weighted by molar-refractivity contribution is -0.115. The Balaban J connectivity index is 2.00. The van der Waals surface area contributed by atoms with Crippen LogP contribution in [0.5, 0.6) is 0 Å². The lowest BCUT2D eigenvalue weighted by atomic mass is 10.1. The molecule has 0 heterocycles. The fourth-order valence-corrected chi connectivity index (χ4v) is 2.98. The number of rotatable bonds is 4. The average molecular weight is 299 g/mol. The maximum atomic E-state index is 12.2. The summed E-state index contributed by atoms with van der Waals surface area (Å²) in [6.07, 6.45) is 0. The van der Waals surface area contributed by atoms with Gasteiger partial charge in [0, 0.05) is 10.6 Å². The van der Waals surface area contributed by atoms with Gasteiger partial charge in [-0.15, -0.1) is 11.8 Å². The third kappa shape index (κ3) is 4.36. The van der Waals surface area contributed by atoms with E-state index in [-0.39, 0.29) is 11.2 Å². The summed E-state index contributed by atoms with van der Waals surface area (Å²) in [6.45, 7) is 8.14. The Morgan fingerprint density at radius 1 is 1.05 bits per heavy atom. The average Bonchev–Trinajstić information content (AvgIpc) is 2.43. The van der Waals surface area contributed by atoms with Gasteiger partial charge >= 0.3 is 0 Å². The highest BCUT2D eigenvalue weighted by atomic mass is 32.2. The van der Waals surface area contributed by atoms with Gasteiger partial charge in [-0.25, -0.2) is 0 Å². The molecule has 0 fully saturated rings. The van der Waals surface area contributed by atoms with Gasteiger partial charge < -0.3 is 5.32 Å². The van der Waals surface area contributed by atoms with Crippen LogP contribution in [-0.2, 0) is 4.79 Å². The summed E-state index contributed by atoms with van der Waals surface area (Å²) in [6, 6.07) is 14.2. The Kier molecular flexibility index (Phi) is 5.07. The summed E-state index contributed by atoms with van der Waals surface area (Å²) >= 11 is 1.59. The number of amides is 1. The van der Waals surface area contributed by atoms with Crippen molar-refractivity contribution in [2.75, 3.05) is 5.32 Å². The monoisotopic (exact) mass is 299 g/mol. The maximum Gasteiger partial charge on any atom is 0.237 e. The number of thioether (sulfide) groups is 1. The Labute approximate surface area is 131 Å². The van der Waals surface area contributed by atoms with Crippen LogP contribution in [0.1, 0.15) is 23.6 Å². The second-order valence-corrected chi connectivity index (χ2v) is 6.78. The Morgan fingerprint density at radius 2 is 1.81 bits per heavy atom. The molecule has 0 spiro atoms. The number of carbonyl (C=O) groups is 1. The number of nitrogens with one attached hydrogen (secondary N) is 1. The molecule has 0 aliphatic rings. The number of hydrogen-bond acceptors (Lipinski definition) is 2. The van der Waals surface area contributed by atoms with Crippen LogP contribution in [0, 0.1) is 20.8 Å². The van der Waals surface area contributed by atoms with Gasteiger partial charge in [0.15, 0.2) is 0 Å². The van der Waals surface area contributed by atoms with E-state index in [1.165, 1.54) is 11.1 Å². The number of hydrogen-bond donors (Lipinski definition) is 1. The highest BCUT2D eigenvalue weighted by molar-refractivity contribution is 8.00. The standard InChI is InChI=1S/C18H21NOS/c1-12-6-5-7-16(10-12)19-18(20)15(4)21-17-9-8-13(2)14(3)11-17/h5-11,15H,1-4H3,(H,19,20). The van der Waals surface area contributed by atoms with Crippen molar-refractivity contribution in [3.63, 3.8) is 0 Å². The van der Waals surface area contributed by atoms with Gasteiger partial charge in [-0.3, -0.25) is 4.79 Å². The first kappa shape index (κ1) is 15.6. The zero-order chi connectivity index (χ0) is 15.4. The fourth-order valence-electron chi connectivity index (χ4n) is 2.01. The quantitative estimate of drug-likeness (QED) is 0.827. The normalized spacial score (nSPS) is 12.0. The number of aryl methyl sites for hydroxylation is 3. The number of carbonyl (C=O) groups excluding carboxylic acids is 1. The van der Waals surface area contributed by atoms with E-state index >= 15 is 0 Å². The molecule has 2 nitrogen and oxygen atoms in total. The first-order chi connectivity index (χ1) is 9.95. The molecule has 0 bridgehead atoms. The summed E-state index contributed by atoms with van der Waals surface area (Å²) in [5.41, 5.74) is 4.53. The first-order valence-electron chi connectivity index (χ1n) is 7.07. The van der Waals surface area contributed by atoms with Gasteiger partial charge in [0.1, 0.15) is 0 Å². The Bertz CT molecular complexity index is 651. The molecule has 0 aliphatic carbocycles. The lowest BCUT2D eigenvalue weighted by Gasteiger charge is -2.13. The highest BCUT2D eigenvalue weighted by Crippen LogP contribution is 2.26. The minimum absolute atomic E-state index is 0.0313. The smallest absolute Gasteiger partial charge is 0.237 e. The zero-order valence-corrected chi connectivity index (χ0v) is 13.8. The third-order valence-corrected chi connectivity index (χ3v) is 4.54. The molecule has 1 N–H and O–H groups in total. The van der Waals surface area contributed by atoms with Crippen molar-refractivity contribution in [1.29, 1.82) is 0 Å². The second kappa shape index (κ2) is 6.81. The molecular weight excluding hydrogens is 278 g/mol. The lowest BCUT2D eigenvalue weighted by Crippen LogP contribution is -2.22. The fraction of sp³-hybridized carbons (Fsp3) is 0.278. The predicted octanol–water partition coefficient (Wildman–Crippen LogP) is 4.73. The van der Waals surface area contributed by atoms with Gasteiger partial charge in [-0.2, -0.15) is 0 Å². The zero-order valence-electron chi connectivity index (χ0n) is 12.9. The molecule has 0 radical (unpaired) electrons. The van der Waals surface area contributed by atoms with Crippen molar-refractivity contribution < 1.29 is 4.79 Å². The van der Waals surface area contributed by atoms with Crippen LogP contribution < -0.4 is 5.32 Å². The van der Waals surface area contributed by atoms with Gasteiger partial charge in [0.05, 0.1) is 5.25 Å². The van der Waals surface area contributed by atoms with E-state index in [1.54, 1.807) is 11.8 Å². The molecule has 0 saturated carbocycles. The number of benzene rings is 2. The molecule has 0 aromatic heterocycles. The minimum atomic E-state index is -0.132. The van der Waals surface area contributed by atoms with Crippen molar-refractivity contribution in [2.45, 2.75) is 37.8 Å². The maximum absolute atomic E-state index is 12.2. The second-order valence-electron chi connectivity index (χ2n) is 5.36. The first-order valence-corrected chi connectivity index (χ1v) is 7.95. The van der Waals surface area contributed by atoms with Crippen molar-refractivity contribution in [1.82, 2.24) is 0 Å². The number of anilines is 1. The summed E-state index contributed by atoms with van der Waals surface area (Å²) in [4.78, 5) is 13.4. The molecule has 21 heavy (non-hydrogen) atoms. The van der Waals surface area contributed by atoms with Crippen LogP contribution in [0.15, 0.2) is 47.4 Å². The summed E-state index contributed by atoms with van der Waals surface area (Å²) < 4.78 is 0. The van der Waals surface area contributed by atoms with Crippen molar-refractivity contribution in [3.05, 3.63) is 59.2 Å². The highest BCUT2D eigenvalue weighted by Gasteiger charge is 2.14. The molecule has 0 saturated heterocycles. The molecule has 1 unspecified atom stereocenters. The van der Waals surface area contributed by atoms with E-state index in [2.05, 4.69) is 37.4 Å². The van der Waals surface area contributed by atoms with Crippen LogP contribution in [0.3, 0.4) is 0 Å². The topological polar surface area (TPSA) is 29.1 Å². The van der Waals surface area contributed by atoms with Gasteiger partial charge in [0.25, 0.3) is 0 Å². The van der Waals surface area contributed by atoms with Crippen LogP contribution in [-0.4, -0.2) is 11.2 Å². The van der Waals surface area contributed by atoms with Crippen LogP contribution in [0.25, 0.3) is 0 Å². The summed E-state index contributed by atoms with van der Waals surface area (Å²) in [5.74, 6) is 0.0313. The van der Waals surface area contributed by atoms with Crippen LogP contribution >= 0.6 is 11.8 Å². The Morgan fingerprint density at radius 3 is 2.48 bits per heavy atom. The summed E-state index contributed by atoms with van der Waals surface area (Å²) in [7, 11) is 0. The molecule has 3 heteroatoms. The van der Waals surface area contributed by atoms with Crippen molar-refractivity contribution in [3.8, 4) is 0 Å². The van der Waals surface area contributed by atoms with Gasteiger partial charge in [-0.1, -0.05) is 18.2 Å². The van der Waals surface area contributed by atoms with E-state index in [1.807, 2.05) is 38.1 Å². The van der Waals surface area contributed by atoms with Gasteiger partial charge in [0.2, 0.25) is 5.91 Å². The van der Waals surface area contributed by atoms with Gasteiger partial charge in [-0.05, 0) is 68.7 Å². The minimum Gasteiger partial charge on any atom is -0.325 e.